The zero-order valence-corrected chi connectivity index (χ0v) is 11.7. The standard InChI is InChI=1S/C11H9F11O3/c1-2-5(23)25-6(24)3-4-7(12,13)9(15,16)8(14,10(17,18)19)11(20,21)22/h2,6,24H,1,3-4H2. The number of halogens is 11. The first-order chi connectivity index (χ1) is 10.8. The SMILES string of the molecule is C=CC(=O)OC(O)CCC(F)(F)C(F)(F)C(F)(C(F)(F)F)C(F)(F)F. The van der Waals surface area contributed by atoms with Gasteiger partial charge < -0.3 is 9.84 Å². The molecule has 0 aromatic heterocycles. The van der Waals surface area contributed by atoms with Crippen LogP contribution in [0.2, 0.25) is 0 Å². The van der Waals surface area contributed by atoms with Crippen molar-refractivity contribution in [1.29, 1.82) is 0 Å². The number of carbonyl (C=O) groups is 1. The van der Waals surface area contributed by atoms with Crippen molar-refractivity contribution >= 4 is 5.97 Å². The minimum Gasteiger partial charge on any atom is -0.433 e. The van der Waals surface area contributed by atoms with E-state index in [2.05, 4.69) is 11.3 Å². The topological polar surface area (TPSA) is 46.5 Å². The summed E-state index contributed by atoms with van der Waals surface area (Å²) in [5.74, 6) is -14.9. The fraction of sp³-hybridized carbons (Fsp3) is 0.727. The molecule has 25 heavy (non-hydrogen) atoms. The van der Waals surface area contributed by atoms with Crippen LogP contribution in [0.1, 0.15) is 12.8 Å². The molecule has 0 aromatic rings. The Bertz CT molecular complexity index is 480. The Balaban J connectivity index is 5.63. The number of hydrogen-bond acceptors (Lipinski definition) is 3. The lowest BCUT2D eigenvalue weighted by Crippen LogP contribution is -2.70. The van der Waals surface area contributed by atoms with Crippen LogP contribution in [0.15, 0.2) is 12.7 Å². The van der Waals surface area contributed by atoms with Crippen LogP contribution in [-0.2, 0) is 9.53 Å². The van der Waals surface area contributed by atoms with E-state index in [0.717, 1.165) is 0 Å². The van der Waals surface area contributed by atoms with Crippen molar-refractivity contribution < 1.29 is 62.9 Å². The summed E-state index contributed by atoms with van der Waals surface area (Å²) in [7, 11) is 0. The highest BCUT2D eigenvalue weighted by molar-refractivity contribution is 5.81. The number of aliphatic hydroxyl groups excluding tert-OH is 1. The van der Waals surface area contributed by atoms with E-state index in [1.165, 1.54) is 0 Å². The third-order valence-electron chi connectivity index (χ3n) is 2.80. The zero-order valence-electron chi connectivity index (χ0n) is 11.7. The summed E-state index contributed by atoms with van der Waals surface area (Å²) in [6.07, 6.45) is -21.3. The van der Waals surface area contributed by atoms with E-state index in [-0.39, 0.29) is 0 Å². The molecule has 3 nitrogen and oxygen atoms in total. The molecule has 0 aliphatic heterocycles. The fourth-order valence-electron chi connectivity index (χ4n) is 1.47. The molecule has 0 spiro atoms. The molecule has 0 heterocycles. The zero-order chi connectivity index (χ0) is 20.5. The van der Waals surface area contributed by atoms with Crippen molar-refractivity contribution in [3.8, 4) is 0 Å². The Kier molecular flexibility index (Phi) is 6.51. The van der Waals surface area contributed by atoms with Gasteiger partial charge in [0.05, 0.1) is 0 Å². The molecular formula is C11H9F11O3. The van der Waals surface area contributed by atoms with Gasteiger partial charge in [-0.3, -0.25) is 0 Å². The Morgan fingerprint density at radius 2 is 1.36 bits per heavy atom. The first-order valence-electron chi connectivity index (χ1n) is 5.94. The van der Waals surface area contributed by atoms with Crippen LogP contribution in [0.3, 0.4) is 0 Å². The molecule has 0 aliphatic carbocycles. The lowest BCUT2D eigenvalue weighted by Gasteiger charge is -2.39. The van der Waals surface area contributed by atoms with Gasteiger partial charge in [0.25, 0.3) is 0 Å². The Hall–Kier alpha value is -1.60. The molecule has 0 saturated carbocycles. The van der Waals surface area contributed by atoms with Gasteiger partial charge in [-0.15, -0.1) is 0 Å². The average Bonchev–Trinajstić information content (AvgIpc) is 2.41. The largest absolute Gasteiger partial charge is 0.438 e. The van der Waals surface area contributed by atoms with Crippen molar-refractivity contribution in [2.24, 2.45) is 0 Å². The molecule has 0 saturated heterocycles. The van der Waals surface area contributed by atoms with Gasteiger partial charge in [0.1, 0.15) is 0 Å². The van der Waals surface area contributed by atoms with E-state index < -0.39 is 55.0 Å². The number of esters is 1. The first-order valence-corrected chi connectivity index (χ1v) is 5.94. The van der Waals surface area contributed by atoms with Crippen molar-refractivity contribution in [3.05, 3.63) is 12.7 Å². The normalized spacial score (nSPS) is 15.7. The number of rotatable bonds is 7. The van der Waals surface area contributed by atoms with Crippen LogP contribution in [0, 0.1) is 0 Å². The quantitative estimate of drug-likeness (QED) is 0.306. The Labute approximate surface area is 132 Å². The lowest BCUT2D eigenvalue weighted by molar-refractivity contribution is -0.427. The van der Waals surface area contributed by atoms with Gasteiger partial charge in [-0.1, -0.05) is 6.58 Å². The fourth-order valence-corrected chi connectivity index (χ4v) is 1.47. The highest BCUT2D eigenvalue weighted by Crippen LogP contribution is 2.59. The van der Waals surface area contributed by atoms with Crippen molar-refractivity contribution in [3.63, 3.8) is 0 Å². The minimum atomic E-state index is -7.56. The van der Waals surface area contributed by atoms with Gasteiger partial charge in [-0.25, -0.2) is 9.18 Å². The monoisotopic (exact) mass is 398 g/mol. The molecule has 0 amide bonds. The number of carbonyl (C=O) groups excluding carboxylic acids is 1. The number of alkyl halides is 11. The number of aliphatic hydroxyl groups is 1. The Morgan fingerprint density at radius 1 is 0.960 bits per heavy atom. The van der Waals surface area contributed by atoms with Crippen molar-refractivity contribution in [1.82, 2.24) is 0 Å². The molecule has 1 atom stereocenters. The summed E-state index contributed by atoms with van der Waals surface area (Å²) in [6, 6.07) is 0. The van der Waals surface area contributed by atoms with Crippen LogP contribution in [0.25, 0.3) is 0 Å². The van der Waals surface area contributed by atoms with Crippen LogP contribution >= 0.6 is 0 Å². The van der Waals surface area contributed by atoms with Gasteiger partial charge in [0.2, 0.25) is 6.29 Å². The maximum atomic E-state index is 13.3. The minimum absolute atomic E-state index is 0.385. The third kappa shape index (κ3) is 4.33. The molecule has 148 valence electrons. The van der Waals surface area contributed by atoms with Gasteiger partial charge in [0, 0.05) is 18.9 Å². The van der Waals surface area contributed by atoms with Crippen LogP contribution < -0.4 is 0 Å². The van der Waals surface area contributed by atoms with E-state index >= 15 is 0 Å². The molecule has 0 aliphatic rings. The van der Waals surface area contributed by atoms with E-state index in [0.29, 0.717) is 6.08 Å². The van der Waals surface area contributed by atoms with Crippen molar-refractivity contribution in [2.45, 2.75) is 49.0 Å². The summed E-state index contributed by atoms with van der Waals surface area (Å²) in [6.45, 7) is 2.79. The predicted octanol–water partition coefficient (Wildman–Crippen LogP) is 3.92. The van der Waals surface area contributed by atoms with Gasteiger partial charge in [-0.2, -0.15) is 43.9 Å². The molecule has 1 unspecified atom stereocenters. The van der Waals surface area contributed by atoms with E-state index in [1.54, 1.807) is 0 Å². The van der Waals surface area contributed by atoms with Gasteiger partial charge in [-0.05, 0) is 0 Å². The average molecular weight is 398 g/mol. The predicted molar refractivity (Wildman–Crippen MR) is 57.4 cm³/mol. The molecule has 14 heteroatoms. The molecule has 0 radical (unpaired) electrons. The second kappa shape index (κ2) is 6.96. The van der Waals surface area contributed by atoms with Crippen molar-refractivity contribution in [2.75, 3.05) is 0 Å². The number of hydrogen-bond donors (Lipinski definition) is 1. The summed E-state index contributed by atoms with van der Waals surface area (Å²) < 4.78 is 143. The van der Waals surface area contributed by atoms with E-state index in [4.69, 9.17) is 5.11 Å². The first kappa shape index (κ1) is 23.4. The molecule has 1 N–H and O–H groups in total. The molecule has 0 aromatic carbocycles. The van der Waals surface area contributed by atoms with Crippen LogP contribution in [0.5, 0.6) is 0 Å². The maximum absolute atomic E-state index is 13.3. The molecule has 0 fully saturated rings. The van der Waals surface area contributed by atoms with Gasteiger partial charge in [0.15, 0.2) is 0 Å². The second-order valence-electron chi connectivity index (χ2n) is 4.57. The van der Waals surface area contributed by atoms with Crippen LogP contribution in [-0.4, -0.2) is 47.2 Å². The summed E-state index contributed by atoms with van der Waals surface area (Å²) in [5.41, 5.74) is -7.56. The summed E-state index contributed by atoms with van der Waals surface area (Å²) in [5, 5.41) is 8.90. The highest BCUT2D eigenvalue weighted by atomic mass is 19.4. The second-order valence-corrected chi connectivity index (χ2v) is 4.57. The lowest BCUT2D eigenvalue weighted by atomic mass is 9.88. The smallest absolute Gasteiger partial charge is 0.433 e. The van der Waals surface area contributed by atoms with E-state index in [9.17, 15) is 53.1 Å². The third-order valence-corrected chi connectivity index (χ3v) is 2.80. The highest BCUT2D eigenvalue weighted by Gasteiger charge is 2.89. The van der Waals surface area contributed by atoms with Gasteiger partial charge >= 0.3 is 35.8 Å². The number of ether oxygens (including phenoxy) is 1. The maximum Gasteiger partial charge on any atom is 0.438 e. The van der Waals surface area contributed by atoms with E-state index in [1.807, 2.05) is 0 Å². The molecule has 0 bridgehead atoms. The molecule has 0 rings (SSSR count). The summed E-state index contributed by atoms with van der Waals surface area (Å²) in [4.78, 5) is 10.6. The Morgan fingerprint density at radius 3 is 1.68 bits per heavy atom. The molecular weight excluding hydrogens is 389 g/mol. The summed E-state index contributed by atoms with van der Waals surface area (Å²) >= 11 is 0. The van der Waals surface area contributed by atoms with Crippen LogP contribution in [0.4, 0.5) is 48.3 Å².